The van der Waals surface area contributed by atoms with Crippen LogP contribution in [0.4, 0.5) is 0 Å². The number of aromatic nitrogens is 2. The highest BCUT2D eigenvalue weighted by molar-refractivity contribution is 7.98. The zero-order chi connectivity index (χ0) is 13.7. The van der Waals surface area contributed by atoms with Crippen molar-refractivity contribution in [2.45, 2.75) is 11.9 Å². The van der Waals surface area contributed by atoms with E-state index in [0.717, 1.165) is 5.56 Å². The third kappa shape index (κ3) is 2.85. The molecule has 2 aromatic rings. The van der Waals surface area contributed by atoms with Gasteiger partial charge in [-0.1, -0.05) is 30.3 Å². The van der Waals surface area contributed by atoms with E-state index in [4.69, 9.17) is 4.74 Å². The van der Waals surface area contributed by atoms with Crippen molar-refractivity contribution in [1.29, 1.82) is 5.26 Å². The van der Waals surface area contributed by atoms with Gasteiger partial charge in [0.1, 0.15) is 16.7 Å². The van der Waals surface area contributed by atoms with Gasteiger partial charge in [-0.3, -0.25) is 0 Å². The molecule has 0 amide bonds. The molecule has 0 aliphatic rings. The summed E-state index contributed by atoms with van der Waals surface area (Å²) < 4.78 is 5.37. The van der Waals surface area contributed by atoms with Crippen LogP contribution in [0.25, 0.3) is 11.3 Å². The summed E-state index contributed by atoms with van der Waals surface area (Å²) in [5.74, 6) is 0. The fraction of sp³-hybridized carbons (Fsp3) is 0.214. The smallest absolute Gasteiger partial charge is 0.318 e. The summed E-state index contributed by atoms with van der Waals surface area (Å²) in [4.78, 5) is 8.59. The molecule has 96 valence electrons. The molecule has 0 N–H and O–H groups in total. The normalized spacial score (nSPS) is 9.95. The maximum absolute atomic E-state index is 9.33. The van der Waals surface area contributed by atoms with E-state index in [2.05, 4.69) is 16.0 Å². The third-order valence-electron chi connectivity index (χ3n) is 2.48. The van der Waals surface area contributed by atoms with Gasteiger partial charge in [-0.2, -0.15) is 15.2 Å². The summed E-state index contributed by atoms with van der Waals surface area (Å²) in [6.45, 7) is 2.37. The molecule has 5 heteroatoms. The second kappa shape index (κ2) is 6.21. The summed E-state index contributed by atoms with van der Waals surface area (Å²) in [6, 6.07) is 12.1. The number of ether oxygens (including phenoxy) is 1. The van der Waals surface area contributed by atoms with Gasteiger partial charge < -0.3 is 4.74 Å². The number of hydrogen-bond donors (Lipinski definition) is 0. The van der Waals surface area contributed by atoms with Crippen molar-refractivity contribution < 1.29 is 4.74 Å². The first-order chi connectivity index (χ1) is 9.30. The first-order valence-electron chi connectivity index (χ1n) is 5.84. The topological polar surface area (TPSA) is 58.8 Å². The summed E-state index contributed by atoms with van der Waals surface area (Å²) in [5, 5.41) is 9.97. The lowest BCUT2D eigenvalue weighted by Gasteiger charge is -2.09. The summed E-state index contributed by atoms with van der Waals surface area (Å²) in [5.41, 5.74) is 1.99. The minimum atomic E-state index is 0.310. The maximum atomic E-state index is 9.33. The first kappa shape index (κ1) is 13.4. The number of thioether (sulfide) groups is 1. The monoisotopic (exact) mass is 271 g/mol. The molecule has 1 aromatic carbocycles. The molecule has 0 fully saturated rings. The van der Waals surface area contributed by atoms with E-state index in [1.54, 1.807) is 0 Å². The molecule has 2 rings (SSSR count). The fourth-order valence-corrected chi connectivity index (χ4v) is 2.18. The third-order valence-corrected chi connectivity index (χ3v) is 3.16. The molecule has 4 nitrogen and oxygen atoms in total. The number of benzene rings is 1. The van der Waals surface area contributed by atoms with Crippen molar-refractivity contribution in [3.8, 4) is 23.3 Å². The fourth-order valence-electron chi connectivity index (χ4n) is 1.67. The van der Waals surface area contributed by atoms with Crippen LogP contribution in [0.15, 0.2) is 35.4 Å². The first-order valence-corrected chi connectivity index (χ1v) is 7.07. The lowest BCUT2D eigenvalue weighted by Crippen LogP contribution is -2.02. The lowest BCUT2D eigenvalue weighted by atomic mass is 10.1. The average molecular weight is 271 g/mol. The predicted octanol–water partition coefficient (Wildman–Crippen LogP) is 3.14. The largest absolute Gasteiger partial charge is 0.464 e. The molecule has 0 saturated heterocycles. The van der Waals surface area contributed by atoms with E-state index in [1.807, 2.05) is 43.5 Å². The van der Waals surface area contributed by atoms with Gasteiger partial charge in [0.15, 0.2) is 0 Å². The summed E-state index contributed by atoms with van der Waals surface area (Å²) in [7, 11) is 0. The van der Waals surface area contributed by atoms with E-state index in [0.29, 0.717) is 28.9 Å². The van der Waals surface area contributed by atoms with Gasteiger partial charge in [0.05, 0.1) is 12.3 Å². The van der Waals surface area contributed by atoms with Crippen LogP contribution in [0, 0.1) is 11.3 Å². The van der Waals surface area contributed by atoms with Gasteiger partial charge in [0.25, 0.3) is 0 Å². The molecule has 0 spiro atoms. The Kier molecular flexibility index (Phi) is 4.37. The molecular weight excluding hydrogens is 258 g/mol. The molecule has 0 unspecified atom stereocenters. The number of nitrogens with zero attached hydrogens (tertiary/aromatic N) is 3. The van der Waals surface area contributed by atoms with Crippen molar-refractivity contribution in [2.24, 2.45) is 0 Å². The summed E-state index contributed by atoms with van der Waals surface area (Å²) in [6.07, 6.45) is 1.88. The molecular formula is C14H13N3OS. The van der Waals surface area contributed by atoms with Gasteiger partial charge in [-0.25, -0.2) is 0 Å². The standard InChI is InChI=1S/C14H13N3OS/c1-3-18-14-16-12(10-7-5-4-6-8-10)11(9-15)13(17-14)19-2/h4-8H,3H2,1-2H3. The van der Waals surface area contributed by atoms with Gasteiger partial charge in [-0.15, -0.1) is 11.8 Å². The second-order valence-electron chi connectivity index (χ2n) is 3.65. The van der Waals surface area contributed by atoms with Gasteiger partial charge in [0.2, 0.25) is 0 Å². The van der Waals surface area contributed by atoms with Gasteiger partial charge >= 0.3 is 6.01 Å². The SMILES string of the molecule is CCOc1nc(SC)c(C#N)c(-c2ccccc2)n1. The van der Waals surface area contributed by atoms with E-state index in [1.165, 1.54) is 11.8 Å². The summed E-state index contributed by atoms with van der Waals surface area (Å²) >= 11 is 1.42. The zero-order valence-electron chi connectivity index (χ0n) is 10.8. The molecule has 0 aliphatic heterocycles. The van der Waals surface area contributed by atoms with Crippen LogP contribution in [0.5, 0.6) is 6.01 Å². The minimum Gasteiger partial charge on any atom is -0.464 e. The van der Waals surface area contributed by atoms with Crippen LogP contribution in [-0.2, 0) is 0 Å². The van der Waals surface area contributed by atoms with Crippen LogP contribution < -0.4 is 4.74 Å². The Labute approximate surface area is 116 Å². The highest BCUT2D eigenvalue weighted by Gasteiger charge is 2.15. The van der Waals surface area contributed by atoms with Crippen LogP contribution in [0.1, 0.15) is 12.5 Å². The lowest BCUT2D eigenvalue weighted by molar-refractivity contribution is 0.310. The van der Waals surface area contributed by atoms with Crippen molar-refractivity contribution in [2.75, 3.05) is 12.9 Å². The molecule has 0 aliphatic carbocycles. The Bertz CT molecular complexity index is 608. The van der Waals surface area contributed by atoms with Gasteiger partial charge in [0, 0.05) is 5.56 Å². The average Bonchev–Trinajstić information content (AvgIpc) is 2.47. The van der Waals surface area contributed by atoms with E-state index in [-0.39, 0.29) is 0 Å². The van der Waals surface area contributed by atoms with Crippen LogP contribution in [0.2, 0.25) is 0 Å². The van der Waals surface area contributed by atoms with Crippen molar-refractivity contribution in [3.63, 3.8) is 0 Å². The number of hydrogen-bond acceptors (Lipinski definition) is 5. The Morgan fingerprint density at radius 2 is 2.00 bits per heavy atom. The highest BCUT2D eigenvalue weighted by atomic mass is 32.2. The quantitative estimate of drug-likeness (QED) is 0.631. The Balaban J connectivity index is 2.63. The molecule has 19 heavy (non-hydrogen) atoms. The van der Waals surface area contributed by atoms with Crippen molar-refractivity contribution >= 4 is 11.8 Å². The molecule has 0 radical (unpaired) electrons. The van der Waals surface area contributed by atoms with Gasteiger partial charge in [-0.05, 0) is 13.2 Å². The molecule has 0 saturated carbocycles. The van der Waals surface area contributed by atoms with Crippen LogP contribution in [0.3, 0.4) is 0 Å². The predicted molar refractivity (Wildman–Crippen MR) is 75.1 cm³/mol. The van der Waals surface area contributed by atoms with E-state index in [9.17, 15) is 5.26 Å². The van der Waals surface area contributed by atoms with Crippen molar-refractivity contribution in [3.05, 3.63) is 35.9 Å². The molecule has 0 bridgehead atoms. The minimum absolute atomic E-state index is 0.310. The Morgan fingerprint density at radius 3 is 2.58 bits per heavy atom. The molecule has 1 heterocycles. The molecule has 0 atom stereocenters. The number of rotatable bonds is 4. The Hall–Kier alpha value is -2.06. The van der Waals surface area contributed by atoms with E-state index < -0.39 is 0 Å². The highest BCUT2D eigenvalue weighted by Crippen LogP contribution is 2.29. The van der Waals surface area contributed by atoms with Crippen molar-refractivity contribution in [1.82, 2.24) is 9.97 Å². The Morgan fingerprint density at radius 1 is 1.26 bits per heavy atom. The van der Waals surface area contributed by atoms with E-state index >= 15 is 0 Å². The zero-order valence-corrected chi connectivity index (χ0v) is 11.6. The number of nitriles is 1. The van der Waals surface area contributed by atoms with Crippen LogP contribution >= 0.6 is 11.8 Å². The van der Waals surface area contributed by atoms with Crippen LogP contribution in [-0.4, -0.2) is 22.8 Å². The maximum Gasteiger partial charge on any atom is 0.318 e. The molecule has 1 aromatic heterocycles. The second-order valence-corrected chi connectivity index (χ2v) is 4.44.